The van der Waals surface area contributed by atoms with Gasteiger partial charge in [0.2, 0.25) is 5.88 Å². The van der Waals surface area contributed by atoms with E-state index in [0.29, 0.717) is 37.4 Å². The molecule has 0 unspecified atom stereocenters. The number of halogens is 3. The Balaban J connectivity index is 1.53. The number of carbonyl (C=O) groups excluding carboxylic acids is 1. The summed E-state index contributed by atoms with van der Waals surface area (Å²) in [6.07, 6.45) is 1.09. The van der Waals surface area contributed by atoms with Crippen molar-refractivity contribution in [1.82, 2.24) is 14.9 Å². The number of alkyl halides is 3. The number of rotatable bonds is 4. The highest BCUT2D eigenvalue weighted by Crippen LogP contribution is 2.24. The van der Waals surface area contributed by atoms with Crippen LogP contribution in [0.25, 0.3) is 0 Å². The van der Waals surface area contributed by atoms with Gasteiger partial charge in [-0.25, -0.2) is 4.98 Å². The van der Waals surface area contributed by atoms with E-state index in [1.54, 1.807) is 17.3 Å². The van der Waals surface area contributed by atoms with Gasteiger partial charge >= 0.3 is 6.36 Å². The van der Waals surface area contributed by atoms with Crippen LogP contribution in [0.5, 0.6) is 11.6 Å². The Morgan fingerprint density at radius 2 is 1.81 bits per heavy atom. The molecule has 0 spiro atoms. The summed E-state index contributed by atoms with van der Waals surface area (Å²) in [5, 5.41) is 0. The van der Waals surface area contributed by atoms with E-state index in [4.69, 9.17) is 4.74 Å². The molecule has 0 aliphatic carbocycles. The second-order valence-electron chi connectivity index (χ2n) is 5.73. The van der Waals surface area contributed by atoms with Crippen LogP contribution in [-0.2, 0) is 0 Å². The minimum Gasteiger partial charge on any atom is -0.473 e. The third kappa shape index (κ3) is 4.84. The van der Waals surface area contributed by atoms with Gasteiger partial charge in [0.05, 0.1) is 6.20 Å². The van der Waals surface area contributed by atoms with Crippen molar-refractivity contribution in [3.05, 3.63) is 48.4 Å². The molecule has 2 aromatic rings. The molecule has 0 atom stereocenters. The Labute approximate surface area is 147 Å². The summed E-state index contributed by atoms with van der Waals surface area (Å²) in [4.78, 5) is 22.1. The lowest BCUT2D eigenvalue weighted by molar-refractivity contribution is -0.274. The fourth-order valence-corrected chi connectivity index (χ4v) is 2.68. The van der Waals surface area contributed by atoms with Crippen molar-refractivity contribution in [3.63, 3.8) is 0 Å². The quantitative estimate of drug-likeness (QED) is 0.831. The van der Waals surface area contributed by atoms with Crippen LogP contribution >= 0.6 is 0 Å². The molecule has 138 valence electrons. The summed E-state index contributed by atoms with van der Waals surface area (Å²) in [5.74, 6) is -0.149. The standard InChI is InChI=1S/C17H16F3N3O3/c18-17(19,20)26-14-3-1-12(2-4-14)16(24)23-9-5-13(6-10-23)25-15-11-21-7-8-22-15/h1-4,7-8,11,13H,5-6,9-10H2. The van der Waals surface area contributed by atoms with Gasteiger partial charge in [-0.05, 0) is 24.3 Å². The summed E-state index contributed by atoms with van der Waals surface area (Å²) in [5.41, 5.74) is 0.313. The van der Waals surface area contributed by atoms with E-state index in [1.165, 1.54) is 18.3 Å². The molecule has 1 aliphatic rings. The molecule has 9 heteroatoms. The number of amides is 1. The lowest BCUT2D eigenvalue weighted by atomic mass is 10.1. The summed E-state index contributed by atoms with van der Waals surface area (Å²) in [6.45, 7) is 0.981. The van der Waals surface area contributed by atoms with Gasteiger partial charge in [-0.3, -0.25) is 9.78 Å². The highest BCUT2D eigenvalue weighted by Gasteiger charge is 2.31. The van der Waals surface area contributed by atoms with Crippen LogP contribution < -0.4 is 9.47 Å². The van der Waals surface area contributed by atoms with Gasteiger partial charge < -0.3 is 14.4 Å². The zero-order chi connectivity index (χ0) is 18.6. The van der Waals surface area contributed by atoms with Crippen molar-refractivity contribution in [3.8, 4) is 11.6 Å². The fourth-order valence-electron chi connectivity index (χ4n) is 2.68. The Kier molecular flexibility index (Phi) is 5.24. The van der Waals surface area contributed by atoms with Gasteiger partial charge in [0.25, 0.3) is 5.91 Å². The predicted molar refractivity (Wildman–Crippen MR) is 84.7 cm³/mol. The van der Waals surface area contributed by atoms with Gasteiger partial charge in [-0.15, -0.1) is 13.2 Å². The molecule has 0 bridgehead atoms. The molecule has 0 N–H and O–H groups in total. The lowest BCUT2D eigenvalue weighted by Gasteiger charge is -2.32. The Bertz CT molecular complexity index is 730. The van der Waals surface area contributed by atoms with Crippen LogP contribution in [0.2, 0.25) is 0 Å². The number of likely N-dealkylation sites (tertiary alicyclic amines) is 1. The fraction of sp³-hybridized carbons (Fsp3) is 0.353. The van der Waals surface area contributed by atoms with Gasteiger partial charge in [0.15, 0.2) is 0 Å². The molecule has 6 nitrogen and oxygen atoms in total. The first-order valence-electron chi connectivity index (χ1n) is 7.98. The van der Waals surface area contributed by atoms with Crippen LogP contribution in [0.3, 0.4) is 0 Å². The molecule has 2 heterocycles. The monoisotopic (exact) mass is 367 g/mol. The third-order valence-electron chi connectivity index (χ3n) is 3.89. The summed E-state index contributed by atoms with van der Waals surface area (Å²) in [6, 6.07) is 4.91. The molecular formula is C17H16F3N3O3. The van der Waals surface area contributed by atoms with Gasteiger partial charge in [0.1, 0.15) is 11.9 Å². The molecule has 1 aliphatic heterocycles. The highest BCUT2D eigenvalue weighted by atomic mass is 19.4. The van der Waals surface area contributed by atoms with E-state index in [0.717, 1.165) is 12.1 Å². The topological polar surface area (TPSA) is 64.5 Å². The lowest BCUT2D eigenvalue weighted by Crippen LogP contribution is -2.41. The maximum Gasteiger partial charge on any atom is 0.573 e. The summed E-state index contributed by atoms with van der Waals surface area (Å²) < 4.78 is 46.0. The Morgan fingerprint density at radius 1 is 1.12 bits per heavy atom. The first-order valence-corrected chi connectivity index (χ1v) is 7.98. The second kappa shape index (κ2) is 7.59. The number of ether oxygens (including phenoxy) is 2. The Morgan fingerprint density at radius 3 is 2.38 bits per heavy atom. The molecule has 1 aromatic heterocycles. The molecule has 1 aromatic carbocycles. The van der Waals surface area contributed by atoms with Crippen molar-refractivity contribution in [2.45, 2.75) is 25.3 Å². The van der Waals surface area contributed by atoms with E-state index < -0.39 is 6.36 Å². The van der Waals surface area contributed by atoms with Crippen LogP contribution in [0.15, 0.2) is 42.9 Å². The normalized spacial score (nSPS) is 15.6. The SMILES string of the molecule is O=C(c1ccc(OC(F)(F)F)cc1)N1CCC(Oc2cnccn2)CC1. The van der Waals surface area contributed by atoms with Crippen molar-refractivity contribution >= 4 is 5.91 Å². The van der Waals surface area contributed by atoms with Crippen molar-refractivity contribution in [1.29, 1.82) is 0 Å². The Hall–Kier alpha value is -2.84. The van der Waals surface area contributed by atoms with Crippen molar-refractivity contribution < 1.29 is 27.4 Å². The minimum atomic E-state index is -4.75. The van der Waals surface area contributed by atoms with E-state index in [2.05, 4.69) is 14.7 Å². The van der Waals surface area contributed by atoms with Gasteiger partial charge in [-0.1, -0.05) is 0 Å². The van der Waals surface area contributed by atoms with E-state index >= 15 is 0 Å². The molecule has 0 saturated carbocycles. The minimum absolute atomic E-state index is 0.0571. The first-order chi connectivity index (χ1) is 12.4. The number of hydrogen-bond donors (Lipinski definition) is 0. The molecule has 26 heavy (non-hydrogen) atoms. The molecule has 1 amide bonds. The number of nitrogens with zero attached hydrogens (tertiary/aromatic N) is 3. The second-order valence-corrected chi connectivity index (χ2v) is 5.73. The molecule has 1 fully saturated rings. The molecule has 1 saturated heterocycles. The van der Waals surface area contributed by atoms with Crippen LogP contribution in [0.1, 0.15) is 23.2 Å². The van der Waals surface area contributed by atoms with Crippen LogP contribution in [0.4, 0.5) is 13.2 Å². The average molecular weight is 367 g/mol. The number of benzene rings is 1. The van der Waals surface area contributed by atoms with E-state index in [1.807, 2.05) is 0 Å². The number of aromatic nitrogens is 2. The van der Waals surface area contributed by atoms with Crippen molar-refractivity contribution in [2.75, 3.05) is 13.1 Å². The maximum atomic E-state index is 12.5. The first kappa shape index (κ1) is 18.0. The number of piperidine rings is 1. The zero-order valence-electron chi connectivity index (χ0n) is 13.6. The largest absolute Gasteiger partial charge is 0.573 e. The summed E-state index contributed by atoms with van der Waals surface area (Å²) >= 11 is 0. The molecule has 3 rings (SSSR count). The smallest absolute Gasteiger partial charge is 0.473 e. The molecule has 0 radical (unpaired) electrons. The van der Waals surface area contributed by atoms with Gasteiger partial charge in [0, 0.05) is 43.9 Å². The van der Waals surface area contributed by atoms with E-state index in [9.17, 15) is 18.0 Å². The number of carbonyl (C=O) groups is 1. The van der Waals surface area contributed by atoms with Crippen LogP contribution in [-0.4, -0.2) is 46.3 Å². The third-order valence-corrected chi connectivity index (χ3v) is 3.89. The van der Waals surface area contributed by atoms with Gasteiger partial charge in [-0.2, -0.15) is 0 Å². The predicted octanol–water partition coefficient (Wildman–Crippen LogP) is 3.06. The maximum absolute atomic E-state index is 12.5. The average Bonchev–Trinajstić information content (AvgIpc) is 2.62. The van der Waals surface area contributed by atoms with E-state index in [-0.39, 0.29) is 17.8 Å². The summed E-state index contributed by atoms with van der Waals surface area (Å²) in [7, 11) is 0. The molecular weight excluding hydrogens is 351 g/mol. The van der Waals surface area contributed by atoms with Crippen LogP contribution in [0, 0.1) is 0 Å². The zero-order valence-corrected chi connectivity index (χ0v) is 13.6. The highest BCUT2D eigenvalue weighted by molar-refractivity contribution is 5.94. The van der Waals surface area contributed by atoms with Crippen molar-refractivity contribution in [2.24, 2.45) is 0 Å². The number of hydrogen-bond acceptors (Lipinski definition) is 5.